The minimum Gasteiger partial charge on any atom is -0.328 e. The van der Waals surface area contributed by atoms with Crippen molar-refractivity contribution >= 4 is 0 Å². The molecule has 2 nitrogen and oxygen atoms in total. The van der Waals surface area contributed by atoms with Crippen LogP contribution in [-0.2, 0) is 19.1 Å². The quantitative estimate of drug-likeness (QED) is 0.767. The van der Waals surface area contributed by atoms with Crippen molar-refractivity contribution in [3.05, 3.63) is 41.7 Å². The van der Waals surface area contributed by atoms with Crippen molar-refractivity contribution < 1.29 is 13.2 Å². The molecule has 1 unspecified atom stereocenters. The highest BCUT2D eigenvalue weighted by molar-refractivity contribution is 5.57. The standard InChI is InChI=1S/C15H15F3N2/c1-10-2-7-13-8-19-14(20(13)9-10)11-3-5-12(6-4-11)15(16,17)18/h3-6,8,10H,2,7,9H2,1H3. The van der Waals surface area contributed by atoms with Crippen molar-refractivity contribution in [1.82, 2.24) is 9.55 Å². The second-order valence-electron chi connectivity index (χ2n) is 5.40. The van der Waals surface area contributed by atoms with Gasteiger partial charge in [0, 0.05) is 24.0 Å². The monoisotopic (exact) mass is 280 g/mol. The van der Waals surface area contributed by atoms with E-state index in [-0.39, 0.29) is 0 Å². The number of hydrogen-bond donors (Lipinski definition) is 0. The number of benzene rings is 1. The predicted molar refractivity (Wildman–Crippen MR) is 70.2 cm³/mol. The third-order valence-corrected chi connectivity index (χ3v) is 3.80. The van der Waals surface area contributed by atoms with Crippen molar-refractivity contribution in [2.75, 3.05) is 0 Å². The normalized spacial score (nSPS) is 18.9. The number of nitrogens with zero attached hydrogens (tertiary/aromatic N) is 2. The molecule has 0 saturated heterocycles. The molecule has 20 heavy (non-hydrogen) atoms. The third kappa shape index (κ3) is 2.32. The summed E-state index contributed by atoms with van der Waals surface area (Å²) in [4.78, 5) is 4.38. The van der Waals surface area contributed by atoms with E-state index < -0.39 is 11.7 Å². The van der Waals surface area contributed by atoms with Gasteiger partial charge in [0.25, 0.3) is 0 Å². The van der Waals surface area contributed by atoms with Gasteiger partial charge in [-0.25, -0.2) is 4.98 Å². The van der Waals surface area contributed by atoms with Gasteiger partial charge in [-0.05, 0) is 30.9 Å². The topological polar surface area (TPSA) is 17.8 Å². The number of hydrogen-bond acceptors (Lipinski definition) is 1. The molecule has 106 valence electrons. The third-order valence-electron chi connectivity index (χ3n) is 3.80. The fourth-order valence-electron chi connectivity index (χ4n) is 2.65. The predicted octanol–water partition coefficient (Wildman–Crippen LogP) is 4.15. The van der Waals surface area contributed by atoms with Crippen LogP contribution in [-0.4, -0.2) is 9.55 Å². The molecule has 2 aromatic rings. The molecular formula is C15H15F3N2. The molecule has 0 amide bonds. The lowest BCUT2D eigenvalue weighted by Gasteiger charge is -2.22. The van der Waals surface area contributed by atoms with Gasteiger partial charge in [0.2, 0.25) is 0 Å². The average Bonchev–Trinajstić information content (AvgIpc) is 2.81. The Morgan fingerprint density at radius 3 is 2.55 bits per heavy atom. The molecule has 1 atom stereocenters. The number of imidazole rings is 1. The zero-order valence-electron chi connectivity index (χ0n) is 11.1. The van der Waals surface area contributed by atoms with Gasteiger partial charge in [-0.15, -0.1) is 0 Å². The van der Waals surface area contributed by atoms with Crippen molar-refractivity contribution in [1.29, 1.82) is 0 Å². The molecule has 0 saturated carbocycles. The fraction of sp³-hybridized carbons (Fsp3) is 0.400. The van der Waals surface area contributed by atoms with E-state index in [4.69, 9.17) is 0 Å². The van der Waals surface area contributed by atoms with Gasteiger partial charge in [0.15, 0.2) is 0 Å². The minimum atomic E-state index is -4.29. The molecule has 3 rings (SSSR count). The molecule has 1 aromatic heterocycles. The van der Waals surface area contributed by atoms with Crippen molar-refractivity contribution in [2.24, 2.45) is 5.92 Å². The highest BCUT2D eigenvalue weighted by atomic mass is 19.4. The summed E-state index contributed by atoms with van der Waals surface area (Å²) in [5, 5.41) is 0. The molecule has 0 N–H and O–H groups in total. The number of rotatable bonds is 1. The summed E-state index contributed by atoms with van der Waals surface area (Å²) in [5.74, 6) is 1.34. The SMILES string of the molecule is CC1CCc2cnc(-c3ccc(C(F)(F)F)cc3)n2C1. The number of aryl methyl sites for hydroxylation is 1. The van der Waals surface area contributed by atoms with Crippen LogP contribution >= 0.6 is 0 Å². The van der Waals surface area contributed by atoms with E-state index in [0.29, 0.717) is 5.92 Å². The zero-order chi connectivity index (χ0) is 14.3. The van der Waals surface area contributed by atoms with E-state index in [2.05, 4.69) is 16.5 Å². The second kappa shape index (κ2) is 4.65. The lowest BCUT2D eigenvalue weighted by Crippen LogP contribution is -2.18. The van der Waals surface area contributed by atoms with Crippen LogP contribution in [0.4, 0.5) is 13.2 Å². The maximum atomic E-state index is 12.6. The Bertz CT molecular complexity index is 611. The molecule has 5 heteroatoms. The van der Waals surface area contributed by atoms with E-state index in [0.717, 1.165) is 48.6 Å². The van der Waals surface area contributed by atoms with Gasteiger partial charge in [0.05, 0.1) is 5.56 Å². The van der Waals surface area contributed by atoms with Crippen LogP contribution in [0.25, 0.3) is 11.4 Å². The molecule has 0 radical (unpaired) electrons. The Kier molecular flexibility index (Phi) is 3.07. The minimum absolute atomic E-state index is 0.574. The summed E-state index contributed by atoms with van der Waals surface area (Å²) in [7, 11) is 0. The van der Waals surface area contributed by atoms with E-state index >= 15 is 0 Å². The van der Waals surface area contributed by atoms with Gasteiger partial charge in [-0.2, -0.15) is 13.2 Å². The van der Waals surface area contributed by atoms with Crippen LogP contribution in [0, 0.1) is 5.92 Å². The lowest BCUT2D eigenvalue weighted by molar-refractivity contribution is -0.137. The van der Waals surface area contributed by atoms with Gasteiger partial charge >= 0.3 is 6.18 Å². The van der Waals surface area contributed by atoms with Crippen LogP contribution in [0.15, 0.2) is 30.5 Å². The summed E-state index contributed by atoms with van der Waals surface area (Å²) < 4.78 is 39.8. The van der Waals surface area contributed by atoms with Crippen LogP contribution in [0.5, 0.6) is 0 Å². The fourth-order valence-corrected chi connectivity index (χ4v) is 2.65. The number of fused-ring (bicyclic) bond motifs is 1. The zero-order valence-corrected chi connectivity index (χ0v) is 11.1. The summed E-state index contributed by atoms with van der Waals surface area (Å²) >= 11 is 0. The molecule has 1 aliphatic rings. The van der Waals surface area contributed by atoms with Crippen molar-refractivity contribution in [2.45, 2.75) is 32.5 Å². The highest BCUT2D eigenvalue weighted by Gasteiger charge is 2.30. The van der Waals surface area contributed by atoms with E-state index in [1.54, 1.807) is 0 Å². The first kappa shape index (κ1) is 13.2. The van der Waals surface area contributed by atoms with Crippen molar-refractivity contribution in [3.63, 3.8) is 0 Å². The van der Waals surface area contributed by atoms with E-state index in [1.807, 2.05) is 6.20 Å². The number of halogens is 3. The Balaban J connectivity index is 1.96. The highest BCUT2D eigenvalue weighted by Crippen LogP contribution is 2.32. The molecule has 2 heterocycles. The summed E-state index contributed by atoms with van der Waals surface area (Å²) in [6, 6.07) is 5.22. The Morgan fingerprint density at radius 2 is 1.90 bits per heavy atom. The number of alkyl halides is 3. The van der Waals surface area contributed by atoms with Gasteiger partial charge in [0.1, 0.15) is 5.82 Å². The molecule has 1 aromatic carbocycles. The molecule has 0 spiro atoms. The lowest BCUT2D eigenvalue weighted by atomic mass is 10.00. The van der Waals surface area contributed by atoms with Crippen LogP contribution in [0.3, 0.4) is 0 Å². The maximum absolute atomic E-state index is 12.6. The smallest absolute Gasteiger partial charge is 0.328 e. The summed E-state index contributed by atoms with van der Waals surface area (Å²) in [6.07, 6.45) is -0.342. The molecular weight excluding hydrogens is 265 g/mol. The number of aromatic nitrogens is 2. The molecule has 0 bridgehead atoms. The van der Waals surface area contributed by atoms with Crippen molar-refractivity contribution in [3.8, 4) is 11.4 Å². The first-order valence-electron chi connectivity index (χ1n) is 6.67. The molecule has 0 aliphatic carbocycles. The van der Waals surface area contributed by atoms with Gasteiger partial charge in [-0.1, -0.05) is 19.1 Å². The van der Waals surface area contributed by atoms with Crippen LogP contribution in [0.2, 0.25) is 0 Å². The first-order valence-corrected chi connectivity index (χ1v) is 6.67. The van der Waals surface area contributed by atoms with Gasteiger partial charge < -0.3 is 4.57 Å². The second-order valence-corrected chi connectivity index (χ2v) is 5.40. The Labute approximate surface area is 115 Å². The van der Waals surface area contributed by atoms with E-state index in [1.165, 1.54) is 12.1 Å². The Morgan fingerprint density at radius 1 is 1.20 bits per heavy atom. The van der Waals surface area contributed by atoms with Crippen LogP contribution < -0.4 is 0 Å². The maximum Gasteiger partial charge on any atom is 0.416 e. The molecule has 1 aliphatic heterocycles. The molecule has 0 fully saturated rings. The summed E-state index contributed by atoms with van der Waals surface area (Å²) in [5.41, 5.74) is 1.27. The largest absolute Gasteiger partial charge is 0.416 e. The summed E-state index contributed by atoms with van der Waals surface area (Å²) in [6.45, 7) is 3.06. The van der Waals surface area contributed by atoms with Gasteiger partial charge in [-0.3, -0.25) is 0 Å². The van der Waals surface area contributed by atoms with Crippen LogP contribution in [0.1, 0.15) is 24.6 Å². The van der Waals surface area contributed by atoms with E-state index in [9.17, 15) is 13.2 Å². The average molecular weight is 280 g/mol. The Hall–Kier alpha value is -1.78. The first-order chi connectivity index (χ1) is 9.45.